The molecule has 1 aliphatic rings. The van der Waals surface area contributed by atoms with Crippen molar-refractivity contribution >= 4 is 11.5 Å². The number of hydrogen-bond acceptors (Lipinski definition) is 4. The minimum absolute atomic E-state index is 0.501. The summed E-state index contributed by atoms with van der Waals surface area (Å²) >= 11 is 1.61. The third-order valence-corrected chi connectivity index (χ3v) is 3.87. The van der Waals surface area contributed by atoms with E-state index in [9.17, 15) is 0 Å². The van der Waals surface area contributed by atoms with E-state index in [1.807, 2.05) is 6.20 Å². The lowest BCUT2D eigenvalue weighted by Gasteiger charge is -2.37. The molecule has 78 valence electrons. The van der Waals surface area contributed by atoms with Crippen molar-refractivity contribution < 1.29 is 0 Å². The minimum atomic E-state index is 0.501. The van der Waals surface area contributed by atoms with Gasteiger partial charge in [0.25, 0.3) is 0 Å². The molecule has 1 aliphatic heterocycles. The van der Waals surface area contributed by atoms with Gasteiger partial charge in [-0.2, -0.15) is 0 Å². The average Bonchev–Trinajstić information content (AvgIpc) is 2.70. The standard InChI is InChI=1S/C10H17N3S/c1-13-6-2-3-8(7-11)10(13)9-4-5-12-14-9/h4-5,8,10H,2-3,6-7,11H2,1H3. The van der Waals surface area contributed by atoms with Crippen LogP contribution in [0.1, 0.15) is 23.8 Å². The molecule has 14 heavy (non-hydrogen) atoms. The number of rotatable bonds is 2. The number of nitrogens with two attached hydrogens (primary N) is 1. The maximum Gasteiger partial charge on any atom is 0.0494 e. The Morgan fingerprint density at radius 3 is 3.21 bits per heavy atom. The molecule has 2 N–H and O–H groups in total. The van der Waals surface area contributed by atoms with Crippen LogP contribution in [0.4, 0.5) is 0 Å². The molecule has 2 atom stereocenters. The van der Waals surface area contributed by atoms with Crippen LogP contribution in [0, 0.1) is 5.92 Å². The number of hydrogen-bond donors (Lipinski definition) is 1. The van der Waals surface area contributed by atoms with Gasteiger partial charge in [0, 0.05) is 17.1 Å². The highest BCUT2D eigenvalue weighted by molar-refractivity contribution is 7.05. The first-order chi connectivity index (χ1) is 6.83. The van der Waals surface area contributed by atoms with Gasteiger partial charge in [-0.15, -0.1) is 0 Å². The van der Waals surface area contributed by atoms with Gasteiger partial charge in [-0.3, -0.25) is 4.90 Å². The molecule has 2 rings (SSSR count). The Balaban J connectivity index is 2.19. The van der Waals surface area contributed by atoms with Crippen LogP contribution >= 0.6 is 11.5 Å². The summed E-state index contributed by atoms with van der Waals surface area (Å²) in [4.78, 5) is 3.77. The van der Waals surface area contributed by atoms with Crippen LogP contribution in [0.15, 0.2) is 12.3 Å². The second-order valence-corrected chi connectivity index (χ2v) is 4.84. The van der Waals surface area contributed by atoms with Crippen LogP contribution < -0.4 is 5.73 Å². The molecule has 3 nitrogen and oxygen atoms in total. The quantitative estimate of drug-likeness (QED) is 0.806. The average molecular weight is 211 g/mol. The van der Waals surface area contributed by atoms with Crippen LogP contribution in [0.25, 0.3) is 0 Å². The summed E-state index contributed by atoms with van der Waals surface area (Å²) in [6, 6.07) is 2.63. The summed E-state index contributed by atoms with van der Waals surface area (Å²) < 4.78 is 4.17. The predicted octanol–water partition coefficient (Wildman–Crippen LogP) is 1.48. The molecule has 0 radical (unpaired) electrons. The highest BCUT2D eigenvalue weighted by Crippen LogP contribution is 2.35. The summed E-state index contributed by atoms with van der Waals surface area (Å²) in [5, 5.41) is 0. The van der Waals surface area contributed by atoms with Crippen molar-refractivity contribution in [1.29, 1.82) is 0 Å². The third-order valence-electron chi connectivity index (χ3n) is 3.06. The molecule has 2 heterocycles. The number of nitrogens with zero attached hydrogens (tertiary/aromatic N) is 2. The molecule has 1 fully saturated rings. The molecule has 0 spiro atoms. The molecule has 1 saturated heterocycles. The first-order valence-electron chi connectivity index (χ1n) is 5.14. The molecular formula is C10H17N3S. The van der Waals surface area contributed by atoms with Gasteiger partial charge in [0.15, 0.2) is 0 Å². The Kier molecular flexibility index (Phi) is 3.15. The number of piperidine rings is 1. The van der Waals surface area contributed by atoms with Crippen LogP contribution in [0.2, 0.25) is 0 Å². The fourth-order valence-electron chi connectivity index (χ4n) is 2.33. The monoisotopic (exact) mass is 211 g/mol. The maximum absolute atomic E-state index is 5.82. The van der Waals surface area contributed by atoms with Crippen LogP contribution in [-0.2, 0) is 0 Å². The number of aromatic nitrogens is 1. The first-order valence-corrected chi connectivity index (χ1v) is 5.91. The van der Waals surface area contributed by atoms with Gasteiger partial charge in [-0.1, -0.05) is 0 Å². The smallest absolute Gasteiger partial charge is 0.0494 e. The summed E-state index contributed by atoms with van der Waals surface area (Å²) in [6.45, 7) is 1.96. The van der Waals surface area contributed by atoms with E-state index in [-0.39, 0.29) is 0 Å². The van der Waals surface area contributed by atoms with Crippen molar-refractivity contribution in [3.8, 4) is 0 Å². The van der Waals surface area contributed by atoms with E-state index >= 15 is 0 Å². The van der Waals surface area contributed by atoms with Gasteiger partial charge in [0.05, 0.1) is 0 Å². The predicted molar refractivity (Wildman–Crippen MR) is 59.3 cm³/mol. The number of likely N-dealkylation sites (tertiary alicyclic amines) is 1. The zero-order chi connectivity index (χ0) is 9.97. The van der Waals surface area contributed by atoms with Gasteiger partial charge in [-0.25, -0.2) is 4.37 Å². The first kappa shape index (κ1) is 10.1. The van der Waals surface area contributed by atoms with Gasteiger partial charge < -0.3 is 5.73 Å². The second kappa shape index (κ2) is 4.38. The largest absolute Gasteiger partial charge is 0.330 e. The molecule has 0 saturated carbocycles. The van der Waals surface area contributed by atoms with Crippen LogP contribution in [0.5, 0.6) is 0 Å². The Morgan fingerprint density at radius 2 is 2.57 bits per heavy atom. The maximum atomic E-state index is 5.82. The van der Waals surface area contributed by atoms with Crippen molar-refractivity contribution in [2.24, 2.45) is 11.7 Å². The normalized spacial score (nSPS) is 29.3. The minimum Gasteiger partial charge on any atom is -0.330 e. The van der Waals surface area contributed by atoms with Crippen molar-refractivity contribution in [3.63, 3.8) is 0 Å². The Bertz CT molecular complexity index is 273. The Morgan fingerprint density at radius 1 is 1.71 bits per heavy atom. The lowest BCUT2D eigenvalue weighted by Crippen LogP contribution is -2.38. The van der Waals surface area contributed by atoms with E-state index in [1.165, 1.54) is 24.3 Å². The Hall–Kier alpha value is -0.450. The molecule has 0 amide bonds. The summed E-state index contributed by atoms with van der Waals surface area (Å²) in [5.41, 5.74) is 5.82. The van der Waals surface area contributed by atoms with E-state index in [2.05, 4.69) is 22.4 Å². The fraction of sp³-hybridized carbons (Fsp3) is 0.700. The highest BCUT2D eigenvalue weighted by Gasteiger charge is 2.30. The molecule has 2 unspecified atom stereocenters. The summed E-state index contributed by atoms with van der Waals surface area (Å²) in [6.07, 6.45) is 4.41. The van der Waals surface area contributed by atoms with E-state index in [0.717, 1.165) is 6.54 Å². The zero-order valence-electron chi connectivity index (χ0n) is 8.52. The molecule has 0 bridgehead atoms. The second-order valence-electron chi connectivity index (χ2n) is 3.98. The van der Waals surface area contributed by atoms with Gasteiger partial charge in [0.2, 0.25) is 0 Å². The molecule has 0 aromatic carbocycles. The molecule has 0 aliphatic carbocycles. The van der Waals surface area contributed by atoms with Crippen molar-refractivity contribution in [1.82, 2.24) is 9.27 Å². The summed E-state index contributed by atoms with van der Waals surface area (Å²) in [5.74, 6) is 0.606. The van der Waals surface area contributed by atoms with Crippen molar-refractivity contribution in [2.75, 3.05) is 20.1 Å². The third kappa shape index (κ3) is 1.82. The molecule has 1 aromatic rings. The molecular weight excluding hydrogens is 194 g/mol. The highest BCUT2D eigenvalue weighted by atomic mass is 32.1. The van der Waals surface area contributed by atoms with E-state index in [4.69, 9.17) is 5.73 Å². The van der Waals surface area contributed by atoms with Crippen molar-refractivity contribution in [3.05, 3.63) is 17.1 Å². The van der Waals surface area contributed by atoms with Gasteiger partial charge in [-0.05, 0) is 56.5 Å². The topological polar surface area (TPSA) is 42.1 Å². The van der Waals surface area contributed by atoms with Crippen LogP contribution in [0.3, 0.4) is 0 Å². The SMILES string of the molecule is CN1CCCC(CN)C1c1ccns1. The summed E-state index contributed by atoms with van der Waals surface area (Å²) in [7, 11) is 2.19. The fourth-order valence-corrected chi connectivity index (χ4v) is 3.18. The molecule has 1 aromatic heterocycles. The van der Waals surface area contributed by atoms with Gasteiger partial charge in [0.1, 0.15) is 0 Å². The van der Waals surface area contributed by atoms with E-state index in [1.54, 1.807) is 11.5 Å². The lowest BCUT2D eigenvalue weighted by atomic mass is 9.88. The van der Waals surface area contributed by atoms with Gasteiger partial charge >= 0.3 is 0 Å². The Labute approximate surface area is 89.1 Å². The van der Waals surface area contributed by atoms with Crippen LogP contribution in [-0.4, -0.2) is 29.4 Å². The lowest BCUT2D eigenvalue weighted by molar-refractivity contribution is 0.128. The molecule has 4 heteroatoms. The van der Waals surface area contributed by atoms with E-state index < -0.39 is 0 Å². The van der Waals surface area contributed by atoms with E-state index in [0.29, 0.717) is 12.0 Å². The van der Waals surface area contributed by atoms with Crippen molar-refractivity contribution in [2.45, 2.75) is 18.9 Å². The zero-order valence-corrected chi connectivity index (χ0v) is 9.33.